The van der Waals surface area contributed by atoms with E-state index in [2.05, 4.69) is 0 Å². The summed E-state index contributed by atoms with van der Waals surface area (Å²) < 4.78 is 21.1. The number of hydroxylamine groups is 2. The Morgan fingerprint density at radius 1 is 0.964 bits per heavy atom. The summed E-state index contributed by atoms with van der Waals surface area (Å²) in [5.41, 5.74) is 2.03. The molecule has 28 heavy (non-hydrogen) atoms. The maximum atomic E-state index is 13.8. The van der Waals surface area contributed by atoms with Crippen LogP contribution in [0.25, 0.3) is 33.0 Å². The van der Waals surface area contributed by atoms with Crippen molar-refractivity contribution in [3.05, 3.63) is 71.9 Å². The van der Waals surface area contributed by atoms with E-state index >= 15 is 0 Å². The predicted octanol–water partition coefficient (Wildman–Crippen LogP) is 3.73. The van der Waals surface area contributed by atoms with Gasteiger partial charge in [-0.3, -0.25) is 14.8 Å². The molecule has 0 saturated heterocycles. The topological polar surface area (TPSA) is 75.7 Å². The van der Waals surface area contributed by atoms with Gasteiger partial charge >= 0.3 is 0 Å². The van der Waals surface area contributed by atoms with Gasteiger partial charge in [-0.15, -0.1) is 5.06 Å². The number of para-hydroxylation sites is 1. The van der Waals surface area contributed by atoms with Crippen molar-refractivity contribution in [2.75, 3.05) is 0 Å². The van der Waals surface area contributed by atoms with E-state index in [9.17, 15) is 19.2 Å². The van der Waals surface area contributed by atoms with Crippen molar-refractivity contribution >= 4 is 44.8 Å². The van der Waals surface area contributed by atoms with Gasteiger partial charge in [-0.2, -0.15) is 0 Å². The number of nitrogens with zero attached hydrogens (tertiary/aromatic N) is 2. The van der Waals surface area contributed by atoms with Crippen LogP contribution in [0, 0.1) is 5.82 Å². The van der Waals surface area contributed by atoms with Crippen molar-refractivity contribution in [3.63, 3.8) is 0 Å². The molecular formula is C21H13FN2O4. The highest BCUT2D eigenvalue weighted by Crippen LogP contribution is 2.41. The van der Waals surface area contributed by atoms with Crippen molar-refractivity contribution in [1.82, 2.24) is 9.63 Å². The minimum atomic E-state index is -0.875. The van der Waals surface area contributed by atoms with Crippen LogP contribution in [0.4, 0.5) is 4.39 Å². The molecular weight excluding hydrogens is 363 g/mol. The second-order valence-corrected chi connectivity index (χ2v) is 6.63. The number of hydrogen-bond donors (Lipinski definition) is 1. The number of aromatic nitrogens is 1. The van der Waals surface area contributed by atoms with Crippen LogP contribution in [-0.4, -0.2) is 26.7 Å². The molecule has 138 valence electrons. The maximum Gasteiger partial charge on any atom is 0.286 e. The summed E-state index contributed by atoms with van der Waals surface area (Å²) in [6.07, 6.45) is 3.03. The van der Waals surface area contributed by atoms with Crippen molar-refractivity contribution < 1.29 is 23.6 Å². The molecule has 0 atom stereocenters. The summed E-state index contributed by atoms with van der Waals surface area (Å²) in [7, 11) is 1.83. The van der Waals surface area contributed by atoms with Gasteiger partial charge in [0.2, 0.25) is 0 Å². The molecule has 1 N–H and O–H groups in total. The summed E-state index contributed by atoms with van der Waals surface area (Å²) in [5, 5.41) is 11.3. The minimum absolute atomic E-state index is 0.0202. The molecule has 0 saturated carbocycles. The Hall–Kier alpha value is -3.71. The van der Waals surface area contributed by atoms with Crippen molar-refractivity contribution in [2.45, 2.75) is 0 Å². The zero-order valence-corrected chi connectivity index (χ0v) is 14.6. The number of aryl methyl sites for hydroxylation is 1. The number of amides is 2. The van der Waals surface area contributed by atoms with E-state index < -0.39 is 17.6 Å². The molecule has 0 radical (unpaired) electrons. The molecule has 0 bridgehead atoms. The van der Waals surface area contributed by atoms with Crippen LogP contribution in [0.1, 0.15) is 11.1 Å². The fourth-order valence-corrected chi connectivity index (χ4v) is 3.75. The molecule has 3 heterocycles. The lowest BCUT2D eigenvalue weighted by atomic mass is 9.95. The largest absolute Gasteiger partial charge is 0.464 e. The van der Waals surface area contributed by atoms with Crippen LogP contribution in [0.3, 0.4) is 0 Å². The minimum Gasteiger partial charge on any atom is -0.464 e. The molecule has 1 aliphatic rings. The molecule has 2 aromatic carbocycles. The van der Waals surface area contributed by atoms with Crippen LogP contribution < -0.4 is 0 Å². The number of fused-ring (bicyclic) bond motifs is 2. The molecule has 0 fully saturated rings. The van der Waals surface area contributed by atoms with Gasteiger partial charge in [-0.05, 0) is 24.3 Å². The molecule has 5 rings (SSSR count). The zero-order valence-electron chi connectivity index (χ0n) is 14.6. The highest BCUT2D eigenvalue weighted by atomic mass is 19.1. The molecule has 0 aliphatic carbocycles. The predicted molar refractivity (Wildman–Crippen MR) is 99.5 cm³/mol. The van der Waals surface area contributed by atoms with Gasteiger partial charge in [0.25, 0.3) is 11.8 Å². The zero-order chi connectivity index (χ0) is 19.6. The molecule has 6 nitrogen and oxygen atoms in total. The highest BCUT2D eigenvalue weighted by molar-refractivity contribution is 6.50. The first-order chi connectivity index (χ1) is 13.5. The number of halogens is 1. The van der Waals surface area contributed by atoms with E-state index in [0.29, 0.717) is 16.5 Å². The fourth-order valence-electron chi connectivity index (χ4n) is 3.75. The molecule has 2 amide bonds. The second-order valence-electron chi connectivity index (χ2n) is 6.63. The Balaban J connectivity index is 1.88. The molecule has 1 aliphatic heterocycles. The smallest absolute Gasteiger partial charge is 0.286 e. The van der Waals surface area contributed by atoms with E-state index in [1.807, 2.05) is 35.9 Å². The van der Waals surface area contributed by atoms with E-state index in [0.717, 1.165) is 10.9 Å². The monoisotopic (exact) mass is 376 g/mol. The number of hydrogen-bond acceptors (Lipinski definition) is 4. The summed E-state index contributed by atoms with van der Waals surface area (Å²) in [6.45, 7) is 0. The molecule has 0 unspecified atom stereocenters. The lowest BCUT2D eigenvalue weighted by Gasteiger charge is -2.03. The van der Waals surface area contributed by atoms with Crippen LogP contribution in [0.5, 0.6) is 0 Å². The molecule has 4 aromatic rings. The van der Waals surface area contributed by atoms with E-state index in [-0.39, 0.29) is 21.8 Å². The van der Waals surface area contributed by atoms with Gasteiger partial charge in [-0.25, -0.2) is 4.39 Å². The van der Waals surface area contributed by atoms with E-state index in [1.165, 1.54) is 24.5 Å². The van der Waals surface area contributed by atoms with Gasteiger partial charge in [0, 0.05) is 40.7 Å². The highest BCUT2D eigenvalue weighted by Gasteiger charge is 2.41. The van der Waals surface area contributed by atoms with Gasteiger partial charge in [0.05, 0.1) is 17.4 Å². The third-order valence-electron chi connectivity index (χ3n) is 5.03. The Bertz CT molecular complexity index is 1350. The SMILES string of the molecule is Cn1cc(C2=C(c3coc4ccc(F)cc34)C(=O)N(O)C2=O)c2ccccc21. The van der Waals surface area contributed by atoms with Gasteiger partial charge < -0.3 is 8.98 Å². The van der Waals surface area contributed by atoms with Crippen molar-refractivity contribution in [2.24, 2.45) is 7.05 Å². The number of carbonyl (C=O) groups excluding carboxylic acids is 2. The van der Waals surface area contributed by atoms with Crippen LogP contribution in [0.2, 0.25) is 0 Å². The second kappa shape index (κ2) is 5.64. The van der Waals surface area contributed by atoms with Crippen LogP contribution in [-0.2, 0) is 16.6 Å². The third-order valence-corrected chi connectivity index (χ3v) is 5.03. The Kier molecular flexibility index (Phi) is 3.32. The average Bonchev–Trinajstić information content (AvgIpc) is 3.31. The van der Waals surface area contributed by atoms with Gasteiger partial charge in [-0.1, -0.05) is 18.2 Å². The summed E-state index contributed by atoms with van der Waals surface area (Å²) in [4.78, 5) is 25.5. The number of rotatable bonds is 2. The Morgan fingerprint density at radius 2 is 1.68 bits per heavy atom. The summed E-state index contributed by atoms with van der Waals surface area (Å²) in [5.74, 6) is -2.21. The van der Waals surface area contributed by atoms with Crippen LogP contribution >= 0.6 is 0 Å². The van der Waals surface area contributed by atoms with Gasteiger partial charge in [0.1, 0.15) is 11.4 Å². The van der Waals surface area contributed by atoms with Crippen molar-refractivity contribution in [3.8, 4) is 0 Å². The standard InChI is InChI=1S/C21H13FN2O4/c1-23-9-14(12-4-2-3-5-16(12)23)18-19(21(26)24(27)20(18)25)15-10-28-17-7-6-11(22)8-13(15)17/h2-10,27H,1H3. The Morgan fingerprint density at radius 3 is 2.46 bits per heavy atom. The average molecular weight is 376 g/mol. The Labute approximate surface area is 157 Å². The normalized spacial score (nSPS) is 14.9. The quantitative estimate of drug-likeness (QED) is 0.427. The fraction of sp³-hybridized carbons (Fsp3) is 0.0476. The van der Waals surface area contributed by atoms with E-state index in [4.69, 9.17) is 4.42 Å². The first kappa shape index (κ1) is 16.5. The lowest BCUT2D eigenvalue weighted by molar-refractivity contribution is -0.168. The number of imide groups is 1. The van der Waals surface area contributed by atoms with E-state index in [1.54, 1.807) is 6.20 Å². The van der Waals surface area contributed by atoms with Crippen LogP contribution in [0.15, 0.2) is 59.3 Å². The summed E-state index contributed by atoms with van der Waals surface area (Å²) in [6, 6.07) is 11.3. The molecule has 2 aromatic heterocycles. The lowest BCUT2D eigenvalue weighted by Crippen LogP contribution is -2.27. The summed E-state index contributed by atoms with van der Waals surface area (Å²) >= 11 is 0. The maximum absolute atomic E-state index is 13.8. The third kappa shape index (κ3) is 2.10. The first-order valence-electron chi connectivity index (χ1n) is 8.51. The number of benzene rings is 2. The molecule has 0 spiro atoms. The number of furan rings is 1. The first-order valence-corrected chi connectivity index (χ1v) is 8.51. The van der Waals surface area contributed by atoms with Crippen molar-refractivity contribution in [1.29, 1.82) is 0 Å². The number of carbonyl (C=O) groups is 2. The molecule has 7 heteroatoms. The van der Waals surface area contributed by atoms with Gasteiger partial charge in [0.15, 0.2) is 0 Å².